The van der Waals surface area contributed by atoms with Gasteiger partial charge in [-0.2, -0.15) is 0 Å². The van der Waals surface area contributed by atoms with Crippen molar-refractivity contribution in [1.82, 2.24) is 0 Å². The van der Waals surface area contributed by atoms with Crippen molar-refractivity contribution in [2.45, 2.75) is 66.2 Å². The van der Waals surface area contributed by atoms with Crippen LogP contribution in [0.25, 0.3) is 0 Å². The van der Waals surface area contributed by atoms with Crippen molar-refractivity contribution >= 4 is 5.97 Å². The van der Waals surface area contributed by atoms with Gasteiger partial charge >= 0.3 is 5.97 Å². The van der Waals surface area contributed by atoms with Gasteiger partial charge in [0.2, 0.25) is 0 Å². The molecule has 3 rings (SSSR count). The summed E-state index contributed by atoms with van der Waals surface area (Å²) >= 11 is 0. The molecule has 0 aromatic carbocycles. The van der Waals surface area contributed by atoms with E-state index >= 15 is 0 Å². The molecule has 2 nitrogen and oxygen atoms in total. The van der Waals surface area contributed by atoms with Crippen molar-refractivity contribution in [2.24, 2.45) is 28.6 Å². The molecule has 4 atom stereocenters. The molecule has 2 unspecified atom stereocenters. The molecule has 0 radical (unpaired) electrons. The Balaban J connectivity index is 1.97. The molecule has 128 valence electrons. The van der Waals surface area contributed by atoms with E-state index in [0.29, 0.717) is 11.8 Å². The highest BCUT2D eigenvalue weighted by Gasteiger charge is 2.58. The lowest BCUT2D eigenvalue weighted by molar-refractivity contribution is -0.157. The molecular formula is C21H32O2. The minimum Gasteiger partial charge on any atom is -0.469 e. The zero-order valence-electron chi connectivity index (χ0n) is 15.4. The summed E-state index contributed by atoms with van der Waals surface area (Å²) in [7, 11) is 1.54. The number of carbonyl (C=O) groups is 1. The largest absolute Gasteiger partial charge is 0.469 e. The van der Waals surface area contributed by atoms with Crippen LogP contribution in [0.3, 0.4) is 0 Å². The molecule has 0 saturated heterocycles. The molecule has 3 aliphatic carbocycles. The Morgan fingerprint density at radius 3 is 2.70 bits per heavy atom. The topological polar surface area (TPSA) is 26.3 Å². The summed E-state index contributed by atoms with van der Waals surface area (Å²) < 4.78 is 5.14. The van der Waals surface area contributed by atoms with Gasteiger partial charge in [-0.15, -0.1) is 0 Å². The number of hydrogen-bond acceptors (Lipinski definition) is 2. The standard InChI is InChI=1S/C21H32O2/c1-14(2)15-10-12-20(3)16(13-15)8-9-18-17(19(22)23-5)7-6-11-21(18,20)4/h10,13-14,17-18H,6-9,11-12H2,1-5H3/t17?,18?,20-,21+/m1/s1. The van der Waals surface area contributed by atoms with Gasteiger partial charge in [0.1, 0.15) is 0 Å². The van der Waals surface area contributed by atoms with E-state index in [9.17, 15) is 4.79 Å². The monoisotopic (exact) mass is 316 g/mol. The molecule has 2 heteroatoms. The van der Waals surface area contributed by atoms with Crippen molar-refractivity contribution in [3.8, 4) is 0 Å². The predicted molar refractivity (Wildman–Crippen MR) is 93.9 cm³/mol. The highest BCUT2D eigenvalue weighted by atomic mass is 16.5. The van der Waals surface area contributed by atoms with Crippen molar-refractivity contribution in [3.05, 3.63) is 23.3 Å². The Labute approximate surface area is 141 Å². The first kappa shape index (κ1) is 16.8. The molecule has 0 bridgehead atoms. The number of allylic oxidation sites excluding steroid dienone is 4. The molecule has 2 saturated carbocycles. The number of rotatable bonds is 2. The van der Waals surface area contributed by atoms with Gasteiger partial charge in [0.25, 0.3) is 0 Å². The fourth-order valence-electron chi connectivity index (χ4n) is 5.69. The number of carbonyl (C=O) groups excluding carboxylic acids is 1. The fraction of sp³-hybridized carbons (Fsp3) is 0.762. The van der Waals surface area contributed by atoms with Crippen LogP contribution < -0.4 is 0 Å². The van der Waals surface area contributed by atoms with E-state index in [-0.39, 0.29) is 22.7 Å². The normalized spacial score (nSPS) is 39.9. The first-order valence-electron chi connectivity index (χ1n) is 9.32. The molecule has 0 aromatic rings. The van der Waals surface area contributed by atoms with E-state index in [1.807, 2.05) is 0 Å². The second-order valence-electron chi connectivity index (χ2n) is 8.65. The van der Waals surface area contributed by atoms with E-state index in [4.69, 9.17) is 4.74 Å². The Kier molecular flexibility index (Phi) is 4.23. The molecule has 0 heterocycles. The summed E-state index contributed by atoms with van der Waals surface area (Å²) in [6, 6.07) is 0. The van der Waals surface area contributed by atoms with Crippen LogP contribution in [0.4, 0.5) is 0 Å². The zero-order valence-corrected chi connectivity index (χ0v) is 15.4. The number of hydrogen-bond donors (Lipinski definition) is 0. The minimum absolute atomic E-state index is 0.0196. The number of methoxy groups -OCH3 is 1. The molecule has 2 fully saturated rings. The third-order valence-corrected chi connectivity index (χ3v) is 7.47. The zero-order chi connectivity index (χ0) is 16.8. The van der Waals surface area contributed by atoms with E-state index in [1.54, 1.807) is 12.7 Å². The lowest BCUT2D eigenvalue weighted by Gasteiger charge is -2.60. The van der Waals surface area contributed by atoms with E-state index in [1.165, 1.54) is 12.0 Å². The first-order valence-corrected chi connectivity index (χ1v) is 9.32. The van der Waals surface area contributed by atoms with Gasteiger partial charge in [-0.1, -0.05) is 51.8 Å². The highest BCUT2D eigenvalue weighted by molar-refractivity contribution is 5.73. The van der Waals surface area contributed by atoms with Crippen molar-refractivity contribution in [3.63, 3.8) is 0 Å². The number of ether oxygens (including phenoxy) is 1. The van der Waals surface area contributed by atoms with Crippen molar-refractivity contribution in [2.75, 3.05) is 7.11 Å². The summed E-state index contributed by atoms with van der Waals surface area (Å²) in [5.41, 5.74) is 3.56. The summed E-state index contributed by atoms with van der Waals surface area (Å²) in [6.45, 7) is 9.48. The lowest BCUT2D eigenvalue weighted by atomic mass is 9.43. The van der Waals surface area contributed by atoms with Gasteiger partial charge in [-0.25, -0.2) is 0 Å². The van der Waals surface area contributed by atoms with Crippen LogP contribution in [0.1, 0.15) is 66.2 Å². The summed E-state index contributed by atoms with van der Waals surface area (Å²) in [6.07, 6.45) is 11.8. The third-order valence-electron chi connectivity index (χ3n) is 7.47. The van der Waals surface area contributed by atoms with Gasteiger partial charge < -0.3 is 4.74 Å². The Morgan fingerprint density at radius 1 is 1.30 bits per heavy atom. The van der Waals surface area contributed by atoms with Crippen molar-refractivity contribution in [1.29, 1.82) is 0 Å². The summed E-state index contributed by atoms with van der Waals surface area (Å²) in [5.74, 6) is 1.20. The Hall–Kier alpha value is -1.05. The maximum Gasteiger partial charge on any atom is 0.308 e. The lowest BCUT2D eigenvalue weighted by Crippen LogP contribution is -2.54. The first-order chi connectivity index (χ1) is 10.8. The van der Waals surface area contributed by atoms with Crippen LogP contribution in [0, 0.1) is 28.6 Å². The molecule has 23 heavy (non-hydrogen) atoms. The summed E-state index contributed by atoms with van der Waals surface area (Å²) in [4.78, 5) is 12.3. The smallest absolute Gasteiger partial charge is 0.308 e. The van der Waals surface area contributed by atoms with Gasteiger partial charge in [0, 0.05) is 0 Å². The van der Waals surface area contributed by atoms with Crippen molar-refractivity contribution < 1.29 is 9.53 Å². The Morgan fingerprint density at radius 2 is 2.04 bits per heavy atom. The maximum atomic E-state index is 12.3. The quantitative estimate of drug-likeness (QED) is 0.647. The molecule has 0 N–H and O–H groups in total. The van der Waals surface area contributed by atoms with Gasteiger partial charge in [0.15, 0.2) is 0 Å². The molecule has 0 spiro atoms. The second-order valence-corrected chi connectivity index (χ2v) is 8.65. The fourth-order valence-corrected chi connectivity index (χ4v) is 5.69. The third kappa shape index (κ3) is 2.40. The molecule has 3 aliphatic rings. The average molecular weight is 316 g/mol. The van der Waals surface area contributed by atoms with E-state index in [2.05, 4.69) is 39.8 Å². The highest BCUT2D eigenvalue weighted by Crippen LogP contribution is 2.65. The van der Waals surface area contributed by atoms with Crippen LogP contribution in [0.2, 0.25) is 0 Å². The van der Waals surface area contributed by atoms with Gasteiger partial charge in [-0.05, 0) is 60.3 Å². The van der Waals surface area contributed by atoms with Crippen LogP contribution in [0.15, 0.2) is 23.3 Å². The van der Waals surface area contributed by atoms with Gasteiger partial charge in [-0.3, -0.25) is 4.79 Å². The number of esters is 1. The van der Waals surface area contributed by atoms with Crippen LogP contribution in [-0.4, -0.2) is 13.1 Å². The molecule has 0 aliphatic heterocycles. The minimum atomic E-state index is 0.0196. The van der Waals surface area contributed by atoms with Crippen LogP contribution in [0.5, 0.6) is 0 Å². The van der Waals surface area contributed by atoms with Crippen LogP contribution in [-0.2, 0) is 9.53 Å². The number of fused-ring (bicyclic) bond motifs is 3. The SMILES string of the molecule is COC(=O)C1CCC[C@@]2(C)C1CCC1=CC(C(C)C)=CC[C@]12C. The van der Waals surface area contributed by atoms with E-state index in [0.717, 1.165) is 32.1 Å². The van der Waals surface area contributed by atoms with Gasteiger partial charge in [0.05, 0.1) is 13.0 Å². The summed E-state index contributed by atoms with van der Waals surface area (Å²) in [5, 5.41) is 0. The molecule has 0 aromatic heterocycles. The predicted octanol–water partition coefficient (Wildman–Crippen LogP) is 5.29. The Bertz CT molecular complexity index is 556. The molecular weight excluding hydrogens is 284 g/mol. The molecule has 0 amide bonds. The van der Waals surface area contributed by atoms with E-state index < -0.39 is 0 Å². The van der Waals surface area contributed by atoms with Crippen LogP contribution >= 0.6 is 0 Å². The average Bonchev–Trinajstić information content (AvgIpc) is 2.53. The maximum absolute atomic E-state index is 12.3. The second kappa shape index (κ2) is 5.79.